The zero-order valence-corrected chi connectivity index (χ0v) is 16.6. The molecule has 0 saturated carbocycles. The maximum absolute atomic E-state index is 12.8. The maximum atomic E-state index is 12.8. The van der Waals surface area contributed by atoms with Crippen molar-refractivity contribution in [2.24, 2.45) is 0 Å². The first-order valence-corrected chi connectivity index (χ1v) is 10.3. The van der Waals surface area contributed by atoms with Gasteiger partial charge in [-0.25, -0.2) is 8.42 Å². The number of carbonyl (C=O) groups excluding carboxylic acids is 1. The largest absolute Gasteiger partial charge is 0.322 e. The molecule has 0 heterocycles. The van der Waals surface area contributed by atoms with Crippen LogP contribution in [0.4, 0.5) is 5.69 Å². The van der Waals surface area contributed by atoms with Gasteiger partial charge in [0.25, 0.3) is 5.91 Å². The standard InChI is InChI=1S/C20H26N2O3S/c1-5-16-9-8-10-18(13-16)21-20(23)17-12-11-15(4)19(14-17)26(24,25)22(6-2)7-3/h8-14H,5-7H2,1-4H3,(H,21,23). The van der Waals surface area contributed by atoms with E-state index in [2.05, 4.69) is 5.32 Å². The van der Waals surface area contributed by atoms with Crippen LogP contribution in [0.1, 0.15) is 42.3 Å². The molecule has 1 N–H and O–H groups in total. The van der Waals surface area contributed by atoms with E-state index in [1.165, 1.54) is 10.4 Å². The molecule has 0 radical (unpaired) electrons. The number of rotatable bonds is 7. The Balaban J connectivity index is 2.35. The van der Waals surface area contributed by atoms with Gasteiger partial charge in [-0.15, -0.1) is 0 Å². The lowest BCUT2D eigenvalue weighted by Crippen LogP contribution is -2.31. The minimum absolute atomic E-state index is 0.177. The third-order valence-corrected chi connectivity index (χ3v) is 6.56. The average Bonchev–Trinajstić information content (AvgIpc) is 2.62. The fourth-order valence-electron chi connectivity index (χ4n) is 2.79. The first-order valence-electron chi connectivity index (χ1n) is 8.84. The average molecular weight is 375 g/mol. The molecule has 26 heavy (non-hydrogen) atoms. The molecule has 1 amide bonds. The summed E-state index contributed by atoms with van der Waals surface area (Å²) in [5.74, 6) is -0.325. The molecule has 0 aliphatic rings. The Hall–Kier alpha value is -2.18. The van der Waals surface area contributed by atoms with Crippen LogP contribution in [0.3, 0.4) is 0 Å². The van der Waals surface area contributed by atoms with Gasteiger partial charge in [0.15, 0.2) is 0 Å². The lowest BCUT2D eigenvalue weighted by atomic mass is 10.1. The Morgan fingerprint density at radius 2 is 1.73 bits per heavy atom. The van der Waals surface area contributed by atoms with Gasteiger partial charge >= 0.3 is 0 Å². The summed E-state index contributed by atoms with van der Waals surface area (Å²) in [6.07, 6.45) is 0.876. The molecule has 0 aliphatic carbocycles. The summed E-state index contributed by atoms with van der Waals surface area (Å²) in [4.78, 5) is 12.8. The Morgan fingerprint density at radius 3 is 2.35 bits per heavy atom. The molecule has 5 nitrogen and oxygen atoms in total. The molecule has 0 bridgehead atoms. The molecule has 0 aromatic heterocycles. The number of benzene rings is 2. The zero-order chi connectivity index (χ0) is 19.3. The fraction of sp³-hybridized carbons (Fsp3) is 0.350. The predicted molar refractivity (Wildman–Crippen MR) is 105 cm³/mol. The Kier molecular flexibility index (Phi) is 6.56. The second-order valence-electron chi connectivity index (χ2n) is 6.08. The molecule has 0 spiro atoms. The van der Waals surface area contributed by atoms with E-state index >= 15 is 0 Å². The van der Waals surface area contributed by atoms with Crippen molar-refractivity contribution in [3.8, 4) is 0 Å². The van der Waals surface area contributed by atoms with Crippen LogP contribution in [0, 0.1) is 6.92 Å². The van der Waals surface area contributed by atoms with Gasteiger partial charge in [0.2, 0.25) is 10.0 Å². The van der Waals surface area contributed by atoms with E-state index in [0.29, 0.717) is 29.9 Å². The minimum Gasteiger partial charge on any atom is -0.322 e. The van der Waals surface area contributed by atoms with Crippen molar-refractivity contribution in [1.82, 2.24) is 4.31 Å². The number of anilines is 1. The Labute approximate surface area is 156 Å². The number of carbonyl (C=O) groups is 1. The van der Waals surface area contributed by atoms with Gasteiger partial charge in [-0.2, -0.15) is 4.31 Å². The van der Waals surface area contributed by atoms with Gasteiger partial charge in [0, 0.05) is 24.3 Å². The van der Waals surface area contributed by atoms with E-state index in [9.17, 15) is 13.2 Å². The number of nitrogens with zero attached hydrogens (tertiary/aromatic N) is 1. The summed E-state index contributed by atoms with van der Waals surface area (Å²) in [6.45, 7) is 8.16. The maximum Gasteiger partial charge on any atom is 0.255 e. The van der Waals surface area contributed by atoms with Crippen molar-refractivity contribution in [2.75, 3.05) is 18.4 Å². The quantitative estimate of drug-likeness (QED) is 0.801. The third kappa shape index (κ3) is 4.31. The highest BCUT2D eigenvalue weighted by atomic mass is 32.2. The van der Waals surface area contributed by atoms with Gasteiger partial charge in [-0.05, 0) is 48.7 Å². The lowest BCUT2D eigenvalue weighted by molar-refractivity contribution is 0.102. The first kappa shape index (κ1) is 20.1. The molecule has 0 atom stereocenters. The van der Waals surface area contributed by atoms with E-state index in [-0.39, 0.29) is 10.8 Å². The number of nitrogens with one attached hydrogen (secondary N) is 1. The van der Waals surface area contributed by atoms with Crippen LogP contribution in [0.15, 0.2) is 47.4 Å². The zero-order valence-electron chi connectivity index (χ0n) is 15.7. The number of amides is 1. The molecule has 0 saturated heterocycles. The summed E-state index contributed by atoms with van der Waals surface area (Å²) in [5.41, 5.74) is 2.77. The first-order chi connectivity index (χ1) is 12.3. The van der Waals surface area contributed by atoms with Gasteiger partial charge in [-0.1, -0.05) is 39.0 Å². The molecular formula is C20H26N2O3S. The minimum atomic E-state index is -3.62. The molecule has 2 rings (SSSR count). The van der Waals surface area contributed by atoms with E-state index in [0.717, 1.165) is 12.0 Å². The second-order valence-corrected chi connectivity index (χ2v) is 7.98. The van der Waals surface area contributed by atoms with Crippen molar-refractivity contribution in [2.45, 2.75) is 39.0 Å². The molecule has 0 fully saturated rings. The van der Waals surface area contributed by atoms with Crippen LogP contribution in [0.25, 0.3) is 0 Å². The van der Waals surface area contributed by atoms with Crippen LogP contribution in [0.2, 0.25) is 0 Å². The van der Waals surface area contributed by atoms with E-state index < -0.39 is 10.0 Å². The molecule has 140 valence electrons. The number of aryl methyl sites for hydroxylation is 2. The van der Waals surface area contributed by atoms with Crippen LogP contribution in [-0.4, -0.2) is 31.7 Å². The normalized spacial score (nSPS) is 11.6. The van der Waals surface area contributed by atoms with E-state index in [1.54, 1.807) is 32.9 Å². The fourth-order valence-corrected chi connectivity index (χ4v) is 4.50. The molecular weight excluding hydrogens is 348 g/mol. The second kappa shape index (κ2) is 8.47. The van der Waals surface area contributed by atoms with Gasteiger partial charge in [0.05, 0.1) is 4.90 Å². The highest BCUT2D eigenvalue weighted by Crippen LogP contribution is 2.22. The Bertz CT molecular complexity index is 888. The highest BCUT2D eigenvalue weighted by molar-refractivity contribution is 7.89. The summed E-state index contributed by atoms with van der Waals surface area (Å²) in [5, 5.41) is 2.84. The highest BCUT2D eigenvalue weighted by Gasteiger charge is 2.24. The van der Waals surface area contributed by atoms with Crippen molar-refractivity contribution in [1.29, 1.82) is 0 Å². The third-order valence-electron chi connectivity index (χ3n) is 4.37. The number of sulfonamides is 1. The molecule has 0 aliphatic heterocycles. The summed E-state index contributed by atoms with van der Waals surface area (Å²) in [6, 6.07) is 12.4. The van der Waals surface area contributed by atoms with Crippen molar-refractivity contribution < 1.29 is 13.2 Å². The molecule has 6 heteroatoms. The molecule has 2 aromatic carbocycles. The topological polar surface area (TPSA) is 66.5 Å². The number of hydrogen-bond donors (Lipinski definition) is 1. The van der Waals surface area contributed by atoms with Gasteiger partial charge in [-0.3, -0.25) is 4.79 Å². The van der Waals surface area contributed by atoms with Crippen LogP contribution >= 0.6 is 0 Å². The van der Waals surface area contributed by atoms with Crippen molar-refractivity contribution >= 4 is 21.6 Å². The monoisotopic (exact) mass is 374 g/mol. The van der Waals surface area contributed by atoms with Crippen molar-refractivity contribution in [3.05, 3.63) is 59.2 Å². The molecule has 2 aromatic rings. The number of hydrogen-bond acceptors (Lipinski definition) is 3. The van der Waals surface area contributed by atoms with Crippen LogP contribution < -0.4 is 5.32 Å². The lowest BCUT2D eigenvalue weighted by Gasteiger charge is -2.20. The summed E-state index contributed by atoms with van der Waals surface area (Å²) >= 11 is 0. The smallest absolute Gasteiger partial charge is 0.255 e. The predicted octanol–water partition coefficient (Wildman–Crippen LogP) is 3.84. The SMILES string of the molecule is CCc1cccc(NC(=O)c2ccc(C)c(S(=O)(=O)N(CC)CC)c2)c1. The summed E-state index contributed by atoms with van der Waals surface area (Å²) < 4.78 is 27.0. The van der Waals surface area contributed by atoms with Crippen molar-refractivity contribution in [3.63, 3.8) is 0 Å². The van der Waals surface area contributed by atoms with Crippen LogP contribution in [0.5, 0.6) is 0 Å². The van der Waals surface area contributed by atoms with Crippen LogP contribution in [-0.2, 0) is 16.4 Å². The summed E-state index contributed by atoms with van der Waals surface area (Å²) in [7, 11) is -3.62. The van der Waals surface area contributed by atoms with Gasteiger partial charge in [0.1, 0.15) is 0 Å². The Morgan fingerprint density at radius 1 is 1.04 bits per heavy atom. The van der Waals surface area contributed by atoms with E-state index in [1.807, 2.05) is 31.2 Å². The van der Waals surface area contributed by atoms with E-state index in [4.69, 9.17) is 0 Å². The molecule has 0 unspecified atom stereocenters. The van der Waals surface area contributed by atoms with Gasteiger partial charge < -0.3 is 5.32 Å².